The predicted octanol–water partition coefficient (Wildman–Crippen LogP) is 3.77. The number of nitrogens with zero attached hydrogens (tertiary/aromatic N) is 1. The Hall–Kier alpha value is -1.55. The molecule has 0 aromatic heterocycles. The normalized spacial score (nSPS) is 12.1. The molecule has 0 heterocycles. The van der Waals surface area contributed by atoms with Crippen LogP contribution in [0.5, 0.6) is 0 Å². The summed E-state index contributed by atoms with van der Waals surface area (Å²) in [4.78, 5) is 26.7. The molecule has 1 aromatic carbocycles. The van der Waals surface area contributed by atoms with Crippen LogP contribution < -0.4 is 5.32 Å². The van der Waals surface area contributed by atoms with Gasteiger partial charge in [-0.05, 0) is 44.4 Å². The van der Waals surface area contributed by atoms with Crippen molar-refractivity contribution in [3.05, 3.63) is 34.9 Å². The molecule has 1 rings (SSSR count). The van der Waals surface area contributed by atoms with Gasteiger partial charge in [0.1, 0.15) is 6.04 Å². The van der Waals surface area contributed by atoms with Gasteiger partial charge in [-0.1, -0.05) is 37.6 Å². The van der Waals surface area contributed by atoms with Crippen molar-refractivity contribution >= 4 is 23.4 Å². The van der Waals surface area contributed by atoms with E-state index in [1.807, 2.05) is 39.8 Å². The number of halogens is 1. The van der Waals surface area contributed by atoms with Gasteiger partial charge in [-0.25, -0.2) is 0 Å². The van der Waals surface area contributed by atoms with Crippen molar-refractivity contribution in [2.24, 2.45) is 0 Å². The Labute approximate surface area is 144 Å². The average molecular weight is 339 g/mol. The highest BCUT2D eigenvalue weighted by atomic mass is 35.5. The molecule has 0 spiro atoms. The summed E-state index contributed by atoms with van der Waals surface area (Å²) < 4.78 is 0. The number of amides is 2. The molecule has 0 unspecified atom stereocenters. The van der Waals surface area contributed by atoms with Gasteiger partial charge < -0.3 is 10.2 Å². The Kier molecular flexibility index (Phi) is 8.10. The number of nitrogens with one attached hydrogen (secondary N) is 1. The van der Waals surface area contributed by atoms with Crippen LogP contribution in [0, 0.1) is 0 Å². The van der Waals surface area contributed by atoms with Crippen LogP contribution in [0.15, 0.2) is 24.3 Å². The molecular weight excluding hydrogens is 312 g/mol. The lowest BCUT2D eigenvalue weighted by molar-refractivity contribution is -0.141. The van der Waals surface area contributed by atoms with Crippen LogP contribution in [0.4, 0.5) is 0 Å². The molecule has 1 N–H and O–H groups in total. The Bertz CT molecular complexity index is 514. The van der Waals surface area contributed by atoms with Crippen molar-refractivity contribution < 1.29 is 9.59 Å². The Morgan fingerprint density at radius 1 is 1.17 bits per heavy atom. The van der Waals surface area contributed by atoms with Crippen molar-refractivity contribution in [1.82, 2.24) is 10.2 Å². The molecule has 0 aliphatic rings. The zero-order valence-corrected chi connectivity index (χ0v) is 15.2. The van der Waals surface area contributed by atoms with E-state index in [0.717, 1.165) is 12.0 Å². The molecule has 5 heteroatoms. The second-order valence-corrected chi connectivity index (χ2v) is 6.42. The van der Waals surface area contributed by atoms with Crippen LogP contribution in [-0.4, -0.2) is 28.8 Å². The van der Waals surface area contributed by atoms with Gasteiger partial charge in [0.15, 0.2) is 0 Å². The number of hydrogen-bond donors (Lipinski definition) is 1. The molecule has 23 heavy (non-hydrogen) atoms. The van der Waals surface area contributed by atoms with Gasteiger partial charge >= 0.3 is 0 Å². The molecule has 0 bridgehead atoms. The third kappa shape index (κ3) is 6.22. The molecule has 1 aromatic rings. The first kappa shape index (κ1) is 19.5. The van der Waals surface area contributed by atoms with Crippen molar-refractivity contribution in [2.75, 3.05) is 0 Å². The summed E-state index contributed by atoms with van der Waals surface area (Å²) >= 11 is 5.91. The first-order chi connectivity index (χ1) is 10.9. The van der Waals surface area contributed by atoms with E-state index in [2.05, 4.69) is 5.32 Å². The summed E-state index contributed by atoms with van der Waals surface area (Å²) in [7, 11) is 0. The van der Waals surface area contributed by atoms with Gasteiger partial charge in [-0.3, -0.25) is 9.59 Å². The average Bonchev–Trinajstić information content (AvgIpc) is 2.48. The van der Waals surface area contributed by atoms with Crippen molar-refractivity contribution in [3.63, 3.8) is 0 Å². The fourth-order valence-corrected chi connectivity index (χ4v) is 2.57. The quantitative estimate of drug-likeness (QED) is 0.784. The first-order valence-corrected chi connectivity index (χ1v) is 8.61. The highest BCUT2D eigenvalue weighted by Gasteiger charge is 2.28. The molecule has 2 amide bonds. The summed E-state index contributed by atoms with van der Waals surface area (Å²) in [5.41, 5.74) is 0.967. The zero-order valence-electron chi connectivity index (χ0n) is 14.4. The maximum atomic E-state index is 12.5. The molecule has 4 nitrogen and oxygen atoms in total. The molecule has 0 aliphatic heterocycles. The molecular formula is C18H27ClN2O2. The summed E-state index contributed by atoms with van der Waals surface area (Å²) in [5.74, 6) is -0.0888. The minimum Gasteiger partial charge on any atom is -0.352 e. The molecule has 1 atom stereocenters. The van der Waals surface area contributed by atoms with E-state index in [4.69, 9.17) is 11.6 Å². The van der Waals surface area contributed by atoms with Crippen LogP contribution in [-0.2, 0) is 16.1 Å². The second kappa shape index (κ2) is 9.56. The summed E-state index contributed by atoms with van der Waals surface area (Å²) in [5, 5.41) is 3.57. The fourth-order valence-electron chi connectivity index (χ4n) is 2.44. The van der Waals surface area contributed by atoms with E-state index < -0.39 is 6.04 Å². The van der Waals surface area contributed by atoms with Crippen LogP contribution in [0.25, 0.3) is 0 Å². The van der Waals surface area contributed by atoms with Gasteiger partial charge in [-0.2, -0.15) is 0 Å². The largest absolute Gasteiger partial charge is 0.352 e. The Morgan fingerprint density at radius 3 is 2.26 bits per heavy atom. The van der Waals surface area contributed by atoms with E-state index in [-0.39, 0.29) is 17.9 Å². The molecule has 0 aliphatic carbocycles. The maximum absolute atomic E-state index is 12.5. The zero-order chi connectivity index (χ0) is 17.4. The Morgan fingerprint density at radius 2 is 1.78 bits per heavy atom. The maximum Gasteiger partial charge on any atom is 0.243 e. The van der Waals surface area contributed by atoms with E-state index in [1.165, 1.54) is 0 Å². The SMILES string of the molecule is CCCC(=O)N(Cc1ccc(Cl)cc1)[C@H](CC)C(=O)NC(C)C. The van der Waals surface area contributed by atoms with Crippen LogP contribution in [0.1, 0.15) is 52.5 Å². The first-order valence-electron chi connectivity index (χ1n) is 8.23. The smallest absolute Gasteiger partial charge is 0.243 e. The third-order valence-electron chi connectivity index (χ3n) is 3.55. The van der Waals surface area contributed by atoms with E-state index in [1.54, 1.807) is 17.0 Å². The standard InChI is InChI=1S/C18H27ClN2O2/c1-5-7-17(22)21(12-14-8-10-15(19)11-9-14)16(6-2)18(23)20-13(3)4/h8-11,13,16H,5-7,12H2,1-4H3,(H,20,23)/t16-/m1/s1. The van der Waals surface area contributed by atoms with Crippen LogP contribution in [0.2, 0.25) is 5.02 Å². The minimum atomic E-state index is -0.452. The lowest BCUT2D eigenvalue weighted by atomic mass is 10.1. The van der Waals surface area contributed by atoms with Crippen LogP contribution in [0.3, 0.4) is 0 Å². The summed E-state index contributed by atoms with van der Waals surface area (Å²) in [6.45, 7) is 8.15. The third-order valence-corrected chi connectivity index (χ3v) is 3.80. The topological polar surface area (TPSA) is 49.4 Å². The van der Waals surface area contributed by atoms with Crippen molar-refractivity contribution in [2.45, 2.75) is 65.6 Å². The number of rotatable bonds is 8. The summed E-state index contributed by atoms with van der Waals surface area (Å²) in [6.07, 6.45) is 1.79. The molecule has 0 radical (unpaired) electrons. The van der Waals surface area contributed by atoms with Crippen molar-refractivity contribution in [3.8, 4) is 0 Å². The molecule has 0 saturated carbocycles. The minimum absolute atomic E-state index is 0.00760. The highest BCUT2D eigenvalue weighted by Crippen LogP contribution is 2.16. The van der Waals surface area contributed by atoms with Gasteiger partial charge in [0, 0.05) is 24.0 Å². The van der Waals surface area contributed by atoms with Gasteiger partial charge in [-0.15, -0.1) is 0 Å². The Balaban J connectivity index is 2.99. The highest BCUT2D eigenvalue weighted by molar-refractivity contribution is 6.30. The molecule has 0 fully saturated rings. The van der Waals surface area contributed by atoms with Gasteiger partial charge in [0.05, 0.1) is 0 Å². The number of carbonyl (C=O) groups is 2. The lowest BCUT2D eigenvalue weighted by Gasteiger charge is -2.31. The van der Waals surface area contributed by atoms with Crippen molar-refractivity contribution in [1.29, 1.82) is 0 Å². The van der Waals surface area contributed by atoms with E-state index in [0.29, 0.717) is 24.4 Å². The lowest BCUT2D eigenvalue weighted by Crippen LogP contribution is -2.50. The summed E-state index contributed by atoms with van der Waals surface area (Å²) in [6, 6.07) is 6.98. The van der Waals surface area contributed by atoms with E-state index in [9.17, 15) is 9.59 Å². The monoisotopic (exact) mass is 338 g/mol. The van der Waals surface area contributed by atoms with Gasteiger partial charge in [0.2, 0.25) is 11.8 Å². The number of carbonyl (C=O) groups excluding carboxylic acids is 2. The number of benzene rings is 1. The fraction of sp³-hybridized carbons (Fsp3) is 0.556. The molecule has 128 valence electrons. The van der Waals surface area contributed by atoms with Crippen LogP contribution >= 0.6 is 11.6 Å². The number of hydrogen-bond acceptors (Lipinski definition) is 2. The predicted molar refractivity (Wildman–Crippen MR) is 94.3 cm³/mol. The van der Waals surface area contributed by atoms with Gasteiger partial charge in [0.25, 0.3) is 0 Å². The van der Waals surface area contributed by atoms with E-state index >= 15 is 0 Å². The molecule has 0 saturated heterocycles. The second-order valence-electron chi connectivity index (χ2n) is 5.99.